The molecule has 1 N–H and O–H groups in total. The third-order valence-electron chi connectivity index (χ3n) is 3.77. The van der Waals surface area contributed by atoms with Crippen LogP contribution in [-0.4, -0.2) is 36.5 Å². The lowest BCUT2D eigenvalue weighted by molar-refractivity contribution is -0.132. The lowest BCUT2D eigenvalue weighted by Gasteiger charge is -2.32. The van der Waals surface area contributed by atoms with Crippen LogP contribution in [0.3, 0.4) is 0 Å². The van der Waals surface area contributed by atoms with Gasteiger partial charge in [-0.2, -0.15) is 0 Å². The molecule has 0 radical (unpaired) electrons. The van der Waals surface area contributed by atoms with Crippen molar-refractivity contribution in [3.8, 4) is 0 Å². The fraction of sp³-hybridized carbons (Fsp3) is 0.933. The van der Waals surface area contributed by atoms with Crippen molar-refractivity contribution in [2.24, 2.45) is 0 Å². The smallest absolute Gasteiger partial charge is 0.222 e. The number of rotatable bonds is 8. The Kier molecular flexibility index (Phi) is 8.06. The summed E-state index contributed by atoms with van der Waals surface area (Å²) in [6.45, 7) is 7.41. The Morgan fingerprint density at radius 3 is 2.44 bits per heavy atom. The zero-order chi connectivity index (χ0) is 13.2. The van der Waals surface area contributed by atoms with Gasteiger partial charge in [-0.05, 0) is 32.2 Å². The minimum Gasteiger partial charge on any atom is -0.343 e. The maximum Gasteiger partial charge on any atom is 0.222 e. The maximum atomic E-state index is 12.0. The number of piperidine rings is 1. The minimum atomic E-state index is 0.375. The van der Waals surface area contributed by atoms with E-state index in [1.807, 2.05) is 0 Å². The van der Waals surface area contributed by atoms with Gasteiger partial charge in [0.15, 0.2) is 0 Å². The summed E-state index contributed by atoms with van der Waals surface area (Å²) in [5, 5.41) is 3.55. The number of amides is 1. The lowest BCUT2D eigenvalue weighted by Crippen LogP contribution is -2.45. The molecule has 1 aliphatic rings. The zero-order valence-corrected chi connectivity index (χ0v) is 12.2. The first-order chi connectivity index (χ1) is 8.77. The molecule has 0 aliphatic carbocycles. The highest BCUT2D eigenvalue weighted by molar-refractivity contribution is 5.76. The zero-order valence-electron chi connectivity index (χ0n) is 12.2. The summed E-state index contributed by atoms with van der Waals surface area (Å²) in [7, 11) is 0. The van der Waals surface area contributed by atoms with Gasteiger partial charge in [0.2, 0.25) is 5.91 Å². The van der Waals surface area contributed by atoms with Crippen molar-refractivity contribution in [2.75, 3.05) is 19.6 Å². The van der Waals surface area contributed by atoms with Gasteiger partial charge >= 0.3 is 0 Å². The third kappa shape index (κ3) is 5.85. The van der Waals surface area contributed by atoms with Gasteiger partial charge in [0.25, 0.3) is 0 Å². The summed E-state index contributed by atoms with van der Waals surface area (Å²) in [4.78, 5) is 14.1. The predicted molar refractivity (Wildman–Crippen MR) is 76.7 cm³/mol. The van der Waals surface area contributed by atoms with Crippen molar-refractivity contribution in [1.82, 2.24) is 10.2 Å². The van der Waals surface area contributed by atoms with Crippen LogP contribution in [0.2, 0.25) is 0 Å². The number of carbonyl (C=O) groups is 1. The number of hydrogen-bond acceptors (Lipinski definition) is 2. The quantitative estimate of drug-likeness (QED) is 0.675. The average molecular weight is 254 g/mol. The van der Waals surface area contributed by atoms with Crippen LogP contribution in [0.4, 0.5) is 0 Å². The Morgan fingerprint density at radius 2 is 1.83 bits per heavy atom. The third-order valence-corrected chi connectivity index (χ3v) is 3.77. The SMILES string of the molecule is CCCCCCC(=O)N1CCC(NCCC)CC1. The predicted octanol–water partition coefficient (Wildman–Crippen LogP) is 2.95. The minimum absolute atomic E-state index is 0.375. The van der Waals surface area contributed by atoms with Crippen molar-refractivity contribution < 1.29 is 4.79 Å². The number of likely N-dealkylation sites (tertiary alicyclic amines) is 1. The molecule has 1 saturated heterocycles. The number of hydrogen-bond donors (Lipinski definition) is 1. The molecule has 1 fully saturated rings. The summed E-state index contributed by atoms with van der Waals surface area (Å²) < 4.78 is 0. The van der Waals surface area contributed by atoms with Gasteiger partial charge in [0.05, 0.1) is 0 Å². The summed E-state index contributed by atoms with van der Waals surface area (Å²) in [6, 6.07) is 0.633. The van der Waals surface area contributed by atoms with Gasteiger partial charge in [0.1, 0.15) is 0 Å². The Balaban J connectivity index is 2.11. The van der Waals surface area contributed by atoms with Crippen LogP contribution in [-0.2, 0) is 4.79 Å². The number of nitrogens with zero attached hydrogens (tertiary/aromatic N) is 1. The monoisotopic (exact) mass is 254 g/mol. The molecule has 18 heavy (non-hydrogen) atoms. The Labute approximate surface area is 112 Å². The Hall–Kier alpha value is -0.570. The second-order valence-corrected chi connectivity index (χ2v) is 5.42. The molecule has 1 heterocycles. The van der Waals surface area contributed by atoms with Crippen LogP contribution < -0.4 is 5.32 Å². The largest absolute Gasteiger partial charge is 0.343 e. The molecule has 0 saturated carbocycles. The van der Waals surface area contributed by atoms with Crippen molar-refractivity contribution >= 4 is 5.91 Å². The van der Waals surface area contributed by atoms with Crippen LogP contribution in [0.15, 0.2) is 0 Å². The molecule has 1 amide bonds. The molecule has 0 aromatic rings. The van der Waals surface area contributed by atoms with E-state index in [1.165, 1.54) is 25.7 Å². The molecule has 0 spiro atoms. The van der Waals surface area contributed by atoms with E-state index in [-0.39, 0.29) is 0 Å². The first-order valence-electron chi connectivity index (χ1n) is 7.79. The molecular weight excluding hydrogens is 224 g/mol. The van der Waals surface area contributed by atoms with Gasteiger partial charge in [-0.3, -0.25) is 4.79 Å². The molecule has 3 nitrogen and oxygen atoms in total. The maximum absolute atomic E-state index is 12.0. The number of nitrogens with one attached hydrogen (secondary N) is 1. The van der Waals surface area contributed by atoms with Gasteiger partial charge in [-0.25, -0.2) is 0 Å². The number of carbonyl (C=O) groups excluding carboxylic acids is 1. The summed E-state index contributed by atoms with van der Waals surface area (Å²) >= 11 is 0. The van der Waals surface area contributed by atoms with Crippen LogP contribution in [0.1, 0.15) is 65.2 Å². The molecule has 106 valence electrons. The lowest BCUT2D eigenvalue weighted by atomic mass is 10.0. The van der Waals surface area contributed by atoms with E-state index in [1.54, 1.807) is 0 Å². The summed E-state index contributed by atoms with van der Waals surface area (Å²) in [5.74, 6) is 0.375. The van der Waals surface area contributed by atoms with Crippen molar-refractivity contribution in [3.63, 3.8) is 0 Å². The van der Waals surface area contributed by atoms with Crippen molar-refractivity contribution in [2.45, 2.75) is 71.3 Å². The molecule has 0 atom stereocenters. The summed E-state index contributed by atoms with van der Waals surface area (Å²) in [6.07, 6.45) is 8.97. The molecular formula is C15H30N2O. The fourth-order valence-electron chi connectivity index (χ4n) is 2.54. The molecule has 3 heteroatoms. The molecule has 0 aromatic carbocycles. The van der Waals surface area contributed by atoms with E-state index in [4.69, 9.17) is 0 Å². The fourth-order valence-corrected chi connectivity index (χ4v) is 2.54. The molecule has 0 unspecified atom stereocenters. The molecule has 1 rings (SSSR count). The standard InChI is InChI=1S/C15H30N2O/c1-3-5-6-7-8-15(18)17-12-9-14(10-13-17)16-11-4-2/h14,16H,3-13H2,1-2H3. The van der Waals surface area contributed by atoms with Gasteiger partial charge in [-0.1, -0.05) is 33.1 Å². The van der Waals surface area contributed by atoms with Gasteiger partial charge in [0, 0.05) is 25.6 Å². The van der Waals surface area contributed by atoms with E-state index in [9.17, 15) is 4.79 Å². The van der Waals surface area contributed by atoms with E-state index >= 15 is 0 Å². The second kappa shape index (κ2) is 9.37. The van der Waals surface area contributed by atoms with E-state index in [0.717, 1.165) is 45.3 Å². The highest BCUT2D eigenvalue weighted by Crippen LogP contribution is 2.13. The Morgan fingerprint density at radius 1 is 1.11 bits per heavy atom. The second-order valence-electron chi connectivity index (χ2n) is 5.42. The summed E-state index contributed by atoms with van der Waals surface area (Å²) in [5.41, 5.74) is 0. The Bertz CT molecular complexity index is 223. The first kappa shape index (κ1) is 15.5. The van der Waals surface area contributed by atoms with Crippen molar-refractivity contribution in [3.05, 3.63) is 0 Å². The van der Waals surface area contributed by atoms with Crippen LogP contribution in [0, 0.1) is 0 Å². The average Bonchev–Trinajstić information content (AvgIpc) is 2.41. The van der Waals surface area contributed by atoms with Crippen LogP contribution in [0.5, 0.6) is 0 Å². The van der Waals surface area contributed by atoms with Crippen molar-refractivity contribution in [1.29, 1.82) is 0 Å². The topological polar surface area (TPSA) is 32.3 Å². The highest BCUT2D eigenvalue weighted by atomic mass is 16.2. The van der Waals surface area contributed by atoms with Crippen LogP contribution in [0.25, 0.3) is 0 Å². The van der Waals surface area contributed by atoms with E-state index in [0.29, 0.717) is 11.9 Å². The van der Waals surface area contributed by atoms with Gasteiger partial charge < -0.3 is 10.2 Å². The molecule has 0 bridgehead atoms. The first-order valence-corrected chi connectivity index (χ1v) is 7.79. The normalized spacial score (nSPS) is 17.1. The molecule has 0 aromatic heterocycles. The molecule has 1 aliphatic heterocycles. The highest BCUT2D eigenvalue weighted by Gasteiger charge is 2.21. The van der Waals surface area contributed by atoms with E-state index < -0.39 is 0 Å². The number of unbranched alkanes of at least 4 members (excludes halogenated alkanes) is 3. The van der Waals surface area contributed by atoms with Crippen LogP contribution >= 0.6 is 0 Å². The van der Waals surface area contributed by atoms with E-state index in [2.05, 4.69) is 24.1 Å². The van der Waals surface area contributed by atoms with Gasteiger partial charge in [-0.15, -0.1) is 0 Å².